The van der Waals surface area contributed by atoms with Gasteiger partial charge in [0.2, 0.25) is 0 Å². The van der Waals surface area contributed by atoms with E-state index in [1.165, 1.54) is 0 Å². The van der Waals surface area contributed by atoms with Crippen LogP contribution >= 0.6 is 12.6 Å². The average molecular weight is 248 g/mol. The molecule has 2 rings (SSSR count). The summed E-state index contributed by atoms with van der Waals surface area (Å²) in [5.74, 6) is 0.167. The topological polar surface area (TPSA) is 65.2 Å². The predicted molar refractivity (Wildman–Crippen MR) is 69.2 cm³/mol. The number of nitrogens with two attached hydrogens (primary N) is 1. The molecule has 17 heavy (non-hydrogen) atoms. The quantitative estimate of drug-likeness (QED) is 0.489. The van der Waals surface area contributed by atoms with E-state index >= 15 is 0 Å². The van der Waals surface area contributed by atoms with Gasteiger partial charge in [-0.15, -0.1) is 0 Å². The summed E-state index contributed by atoms with van der Waals surface area (Å²) >= 11 is 3.95. The van der Waals surface area contributed by atoms with Crippen molar-refractivity contribution >= 4 is 29.5 Å². The first-order valence-electron chi connectivity index (χ1n) is 5.14. The molecular weight excluding hydrogens is 236 g/mol. The fourth-order valence-corrected chi connectivity index (χ4v) is 1.57. The van der Waals surface area contributed by atoms with Crippen molar-refractivity contribution in [2.45, 2.75) is 6.04 Å². The van der Waals surface area contributed by atoms with Crippen LogP contribution in [0.5, 0.6) is 5.75 Å². The van der Waals surface area contributed by atoms with Gasteiger partial charge in [-0.05, 0) is 12.1 Å². The first-order chi connectivity index (χ1) is 8.22. The number of carbonyl (C=O) groups excluding carboxylic acids is 1. The van der Waals surface area contributed by atoms with Crippen molar-refractivity contribution in [3.05, 3.63) is 36.5 Å². The largest absolute Gasteiger partial charge is 0.423 e. The Labute approximate surface area is 104 Å². The van der Waals surface area contributed by atoms with E-state index in [2.05, 4.69) is 17.6 Å². The summed E-state index contributed by atoms with van der Waals surface area (Å²) in [4.78, 5) is 15.7. The fraction of sp³-hybridized carbons (Fsp3) is 0.167. The molecule has 0 amide bonds. The van der Waals surface area contributed by atoms with Gasteiger partial charge in [-0.1, -0.05) is 18.2 Å². The van der Waals surface area contributed by atoms with E-state index < -0.39 is 12.0 Å². The lowest BCUT2D eigenvalue weighted by Crippen LogP contribution is -2.35. The molecule has 0 aliphatic carbocycles. The van der Waals surface area contributed by atoms with Gasteiger partial charge in [-0.25, -0.2) is 4.79 Å². The van der Waals surface area contributed by atoms with Crippen molar-refractivity contribution in [3.63, 3.8) is 0 Å². The molecule has 1 aromatic heterocycles. The van der Waals surface area contributed by atoms with Crippen molar-refractivity contribution in [1.29, 1.82) is 0 Å². The number of ether oxygens (including phenoxy) is 1. The molecule has 0 saturated carbocycles. The normalized spacial score (nSPS) is 12.4. The molecule has 0 aliphatic rings. The lowest BCUT2D eigenvalue weighted by atomic mass is 10.2. The van der Waals surface area contributed by atoms with Gasteiger partial charge in [0, 0.05) is 17.3 Å². The molecular formula is C12H12N2O2S. The summed E-state index contributed by atoms with van der Waals surface area (Å²) in [5, 5.41) is 0.914. The number of para-hydroxylation sites is 1. The number of benzene rings is 1. The summed E-state index contributed by atoms with van der Waals surface area (Å²) < 4.78 is 5.20. The van der Waals surface area contributed by atoms with Gasteiger partial charge >= 0.3 is 5.97 Å². The molecule has 88 valence electrons. The standard InChI is InChI=1S/C12H12N2O2S/c13-9(7-17)12(15)16-10-5-1-3-8-4-2-6-14-11(8)10/h1-6,9,17H,7,13H2/t9-/m0/s1. The van der Waals surface area contributed by atoms with E-state index in [1.807, 2.05) is 18.2 Å². The highest BCUT2D eigenvalue weighted by molar-refractivity contribution is 7.80. The van der Waals surface area contributed by atoms with E-state index in [-0.39, 0.29) is 5.75 Å². The predicted octanol–water partition coefficient (Wildman–Crippen LogP) is 1.40. The van der Waals surface area contributed by atoms with Crippen LogP contribution < -0.4 is 10.5 Å². The number of nitrogens with zero attached hydrogens (tertiary/aromatic N) is 1. The number of esters is 1. The van der Waals surface area contributed by atoms with Crippen LogP contribution in [0.25, 0.3) is 10.9 Å². The van der Waals surface area contributed by atoms with Crippen LogP contribution in [-0.2, 0) is 4.79 Å². The van der Waals surface area contributed by atoms with Crippen LogP contribution in [0.4, 0.5) is 0 Å². The van der Waals surface area contributed by atoms with Gasteiger partial charge in [0.25, 0.3) is 0 Å². The third-order valence-electron chi connectivity index (χ3n) is 2.31. The first-order valence-corrected chi connectivity index (χ1v) is 5.77. The second-order valence-corrected chi connectivity index (χ2v) is 3.91. The van der Waals surface area contributed by atoms with Crippen LogP contribution in [0, 0.1) is 0 Å². The van der Waals surface area contributed by atoms with Gasteiger partial charge in [0.15, 0.2) is 5.75 Å². The number of thiol groups is 1. The van der Waals surface area contributed by atoms with Crippen molar-refractivity contribution in [3.8, 4) is 5.75 Å². The Kier molecular flexibility index (Phi) is 3.61. The summed E-state index contributed by atoms with van der Waals surface area (Å²) in [6, 6.07) is 8.40. The number of rotatable bonds is 3. The van der Waals surface area contributed by atoms with Gasteiger partial charge in [-0.2, -0.15) is 12.6 Å². The number of aromatic nitrogens is 1. The van der Waals surface area contributed by atoms with Gasteiger partial charge in [-0.3, -0.25) is 4.98 Å². The van der Waals surface area contributed by atoms with E-state index in [1.54, 1.807) is 18.3 Å². The summed E-state index contributed by atoms with van der Waals surface area (Å²) in [6.45, 7) is 0. The molecule has 1 atom stereocenters. The highest BCUT2D eigenvalue weighted by Gasteiger charge is 2.15. The zero-order valence-corrected chi connectivity index (χ0v) is 9.93. The molecule has 1 aromatic carbocycles. The van der Waals surface area contributed by atoms with E-state index in [0.717, 1.165) is 5.39 Å². The zero-order chi connectivity index (χ0) is 12.3. The Balaban J connectivity index is 2.33. The molecule has 0 bridgehead atoms. The van der Waals surface area contributed by atoms with Gasteiger partial charge in [0.05, 0.1) is 0 Å². The Bertz CT molecular complexity index is 540. The van der Waals surface area contributed by atoms with E-state index in [9.17, 15) is 4.79 Å². The first kappa shape index (κ1) is 11.9. The van der Waals surface area contributed by atoms with E-state index in [0.29, 0.717) is 11.3 Å². The Morgan fingerprint density at radius 1 is 1.41 bits per heavy atom. The Hall–Kier alpha value is -1.59. The van der Waals surface area contributed by atoms with Gasteiger partial charge < -0.3 is 10.5 Å². The molecule has 2 aromatic rings. The third-order valence-corrected chi connectivity index (χ3v) is 2.70. The van der Waals surface area contributed by atoms with Crippen molar-refractivity contribution in [2.75, 3.05) is 5.75 Å². The molecule has 5 heteroatoms. The molecule has 0 spiro atoms. The molecule has 2 N–H and O–H groups in total. The highest BCUT2D eigenvalue weighted by Crippen LogP contribution is 2.23. The van der Waals surface area contributed by atoms with Crippen molar-refractivity contribution in [1.82, 2.24) is 4.98 Å². The monoisotopic (exact) mass is 248 g/mol. The van der Waals surface area contributed by atoms with Crippen LogP contribution in [0.2, 0.25) is 0 Å². The number of fused-ring (bicyclic) bond motifs is 1. The Morgan fingerprint density at radius 3 is 2.94 bits per heavy atom. The fourth-order valence-electron chi connectivity index (χ4n) is 1.42. The molecule has 0 radical (unpaired) electrons. The second-order valence-electron chi connectivity index (χ2n) is 3.54. The Morgan fingerprint density at radius 2 is 2.18 bits per heavy atom. The second kappa shape index (κ2) is 5.16. The van der Waals surface area contributed by atoms with Crippen LogP contribution in [0.3, 0.4) is 0 Å². The minimum atomic E-state index is -0.725. The molecule has 0 aliphatic heterocycles. The minimum Gasteiger partial charge on any atom is -0.423 e. The van der Waals surface area contributed by atoms with Gasteiger partial charge in [0.1, 0.15) is 11.6 Å². The molecule has 0 fully saturated rings. The zero-order valence-electron chi connectivity index (χ0n) is 9.04. The maximum absolute atomic E-state index is 11.6. The smallest absolute Gasteiger partial charge is 0.329 e. The van der Waals surface area contributed by atoms with Crippen LogP contribution in [-0.4, -0.2) is 22.7 Å². The summed E-state index contributed by atoms with van der Waals surface area (Å²) in [5.41, 5.74) is 6.18. The molecule has 0 unspecified atom stereocenters. The van der Waals surface area contributed by atoms with Crippen LogP contribution in [0.1, 0.15) is 0 Å². The lowest BCUT2D eigenvalue weighted by molar-refractivity contribution is -0.135. The van der Waals surface area contributed by atoms with Crippen molar-refractivity contribution < 1.29 is 9.53 Å². The highest BCUT2D eigenvalue weighted by atomic mass is 32.1. The summed E-state index contributed by atoms with van der Waals surface area (Å²) in [7, 11) is 0. The minimum absolute atomic E-state index is 0.247. The maximum Gasteiger partial charge on any atom is 0.329 e. The molecule has 1 heterocycles. The van der Waals surface area contributed by atoms with E-state index in [4.69, 9.17) is 10.5 Å². The van der Waals surface area contributed by atoms with Crippen LogP contribution in [0.15, 0.2) is 36.5 Å². The third kappa shape index (κ3) is 2.57. The average Bonchev–Trinajstić information content (AvgIpc) is 2.38. The number of pyridine rings is 1. The number of hydrogen-bond acceptors (Lipinski definition) is 5. The lowest BCUT2D eigenvalue weighted by Gasteiger charge is -2.09. The molecule has 4 nitrogen and oxygen atoms in total. The molecule has 0 saturated heterocycles. The SMILES string of the molecule is N[C@@H](CS)C(=O)Oc1cccc2cccnc12. The number of hydrogen-bond donors (Lipinski definition) is 2. The number of carbonyl (C=O) groups is 1. The summed E-state index contributed by atoms with van der Waals surface area (Å²) in [6.07, 6.45) is 1.65. The van der Waals surface area contributed by atoms with Crippen molar-refractivity contribution in [2.24, 2.45) is 5.73 Å². The maximum atomic E-state index is 11.6.